The normalized spacial score (nSPS) is 17.8. The number of anilines is 1. The number of aliphatic imine (C=N–C) groups is 1. The van der Waals surface area contributed by atoms with Crippen LogP contribution in [0.4, 0.5) is 5.69 Å². The summed E-state index contributed by atoms with van der Waals surface area (Å²) in [5.74, 6) is 1.16. The number of nitrogens with one attached hydrogen (secondary N) is 2. The Morgan fingerprint density at radius 1 is 1.26 bits per heavy atom. The van der Waals surface area contributed by atoms with Gasteiger partial charge < -0.3 is 15.8 Å². The van der Waals surface area contributed by atoms with Crippen molar-refractivity contribution in [2.75, 3.05) is 12.4 Å². The van der Waals surface area contributed by atoms with Crippen LogP contribution in [-0.4, -0.2) is 30.2 Å². The van der Waals surface area contributed by atoms with Crippen LogP contribution in [0.5, 0.6) is 5.75 Å². The van der Waals surface area contributed by atoms with E-state index in [1.165, 1.54) is 0 Å². The van der Waals surface area contributed by atoms with Gasteiger partial charge in [0, 0.05) is 16.8 Å². The standard InChI is InChI=1S/C20H19N5O2/c1-27-16-5-2-4-14(12-16)17-6-3-7-18-23-20(24-25(17)18)22-15-10-8-13(9-11-15)19(21)26/h2-12,20,22,24H,1H3,(H2,21,26). The van der Waals surface area contributed by atoms with Crippen molar-refractivity contribution >= 4 is 23.1 Å². The van der Waals surface area contributed by atoms with Gasteiger partial charge in [0.05, 0.1) is 12.8 Å². The monoisotopic (exact) mass is 361 g/mol. The smallest absolute Gasteiger partial charge is 0.248 e. The number of fused-ring (bicyclic) bond motifs is 1. The molecule has 2 heterocycles. The Labute approximate surface area is 156 Å². The first kappa shape index (κ1) is 16.9. The highest BCUT2D eigenvalue weighted by Crippen LogP contribution is 2.27. The van der Waals surface area contributed by atoms with Crippen molar-refractivity contribution < 1.29 is 9.53 Å². The van der Waals surface area contributed by atoms with Crippen LogP contribution in [0.3, 0.4) is 0 Å². The van der Waals surface area contributed by atoms with Crippen LogP contribution in [-0.2, 0) is 0 Å². The SMILES string of the molecule is COc1cccc(C2=CC=CC3=NC(Nc4ccc(C(N)=O)cc4)NN23)c1. The second-order valence-corrected chi connectivity index (χ2v) is 6.08. The molecule has 2 aliphatic rings. The van der Waals surface area contributed by atoms with Crippen molar-refractivity contribution in [2.45, 2.75) is 6.29 Å². The zero-order chi connectivity index (χ0) is 18.8. The molecule has 1 amide bonds. The van der Waals surface area contributed by atoms with Crippen LogP contribution in [0.1, 0.15) is 15.9 Å². The van der Waals surface area contributed by atoms with E-state index in [1.807, 2.05) is 47.5 Å². The largest absolute Gasteiger partial charge is 0.497 e. The van der Waals surface area contributed by atoms with Crippen molar-refractivity contribution in [3.05, 3.63) is 77.9 Å². The van der Waals surface area contributed by atoms with E-state index in [-0.39, 0.29) is 6.29 Å². The number of benzene rings is 2. The maximum atomic E-state index is 11.2. The van der Waals surface area contributed by atoms with Gasteiger partial charge in [0.25, 0.3) is 0 Å². The lowest BCUT2D eigenvalue weighted by atomic mass is 10.1. The summed E-state index contributed by atoms with van der Waals surface area (Å²) >= 11 is 0. The minimum atomic E-state index is -0.448. The van der Waals surface area contributed by atoms with Crippen molar-refractivity contribution in [2.24, 2.45) is 10.7 Å². The molecule has 0 bridgehead atoms. The maximum Gasteiger partial charge on any atom is 0.248 e. The number of methoxy groups -OCH3 is 1. The molecule has 2 aromatic carbocycles. The van der Waals surface area contributed by atoms with Gasteiger partial charge in [0.1, 0.15) is 11.6 Å². The molecule has 0 saturated carbocycles. The van der Waals surface area contributed by atoms with Crippen molar-refractivity contribution in [3.63, 3.8) is 0 Å². The fourth-order valence-electron chi connectivity index (χ4n) is 2.98. The van der Waals surface area contributed by atoms with Crippen LogP contribution >= 0.6 is 0 Å². The summed E-state index contributed by atoms with van der Waals surface area (Å²) in [6.45, 7) is 0. The van der Waals surface area contributed by atoms with Gasteiger partial charge in [-0.3, -0.25) is 9.80 Å². The predicted molar refractivity (Wildman–Crippen MR) is 105 cm³/mol. The summed E-state index contributed by atoms with van der Waals surface area (Å²) in [5.41, 5.74) is 11.9. The number of carbonyl (C=O) groups is 1. The van der Waals surface area contributed by atoms with Gasteiger partial charge in [-0.25, -0.2) is 4.99 Å². The van der Waals surface area contributed by atoms with Crippen LogP contribution in [0.2, 0.25) is 0 Å². The quantitative estimate of drug-likeness (QED) is 0.760. The molecular formula is C20H19N5O2. The van der Waals surface area contributed by atoms with Gasteiger partial charge in [-0.15, -0.1) is 0 Å². The van der Waals surface area contributed by atoms with E-state index in [0.29, 0.717) is 5.56 Å². The van der Waals surface area contributed by atoms with Gasteiger partial charge in [-0.2, -0.15) is 5.43 Å². The Kier molecular flexibility index (Phi) is 4.35. The molecule has 2 aromatic rings. The van der Waals surface area contributed by atoms with E-state index in [4.69, 9.17) is 10.5 Å². The predicted octanol–water partition coefficient (Wildman–Crippen LogP) is 2.32. The Morgan fingerprint density at radius 3 is 2.81 bits per heavy atom. The lowest BCUT2D eigenvalue weighted by Crippen LogP contribution is -2.42. The van der Waals surface area contributed by atoms with Crippen molar-refractivity contribution in [1.82, 2.24) is 10.4 Å². The molecule has 2 aliphatic heterocycles. The molecule has 7 heteroatoms. The first-order chi connectivity index (χ1) is 13.1. The Balaban J connectivity index is 1.51. The molecular weight excluding hydrogens is 342 g/mol. The second kappa shape index (κ2) is 6.97. The van der Waals surface area contributed by atoms with E-state index in [1.54, 1.807) is 31.4 Å². The number of nitrogens with zero attached hydrogens (tertiary/aromatic N) is 2. The van der Waals surface area contributed by atoms with Crippen molar-refractivity contribution in [3.8, 4) is 5.75 Å². The Hall–Kier alpha value is -3.58. The van der Waals surface area contributed by atoms with Crippen LogP contribution in [0.25, 0.3) is 5.70 Å². The molecule has 4 rings (SSSR count). The highest BCUT2D eigenvalue weighted by Gasteiger charge is 2.28. The average molecular weight is 361 g/mol. The van der Waals surface area contributed by atoms with E-state index in [2.05, 4.69) is 15.7 Å². The van der Waals surface area contributed by atoms with Gasteiger partial charge in [-0.1, -0.05) is 18.2 Å². The summed E-state index contributed by atoms with van der Waals surface area (Å²) in [4.78, 5) is 15.8. The Bertz CT molecular complexity index is 963. The number of carbonyl (C=O) groups excluding carboxylic acids is 1. The zero-order valence-electron chi connectivity index (χ0n) is 14.7. The summed E-state index contributed by atoms with van der Waals surface area (Å²) in [6, 6.07) is 14.8. The third-order valence-electron chi connectivity index (χ3n) is 4.32. The van der Waals surface area contributed by atoms with Crippen LogP contribution < -0.4 is 21.2 Å². The molecule has 0 saturated heterocycles. The molecule has 0 radical (unpaired) electrons. The number of hydrogen-bond acceptors (Lipinski definition) is 6. The molecule has 136 valence electrons. The number of rotatable bonds is 5. The number of nitrogens with two attached hydrogens (primary N) is 1. The second-order valence-electron chi connectivity index (χ2n) is 6.08. The number of amidine groups is 1. The van der Waals surface area contributed by atoms with E-state index in [9.17, 15) is 4.79 Å². The van der Waals surface area contributed by atoms with Crippen molar-refractivity contribution in [1.29, 1.82) is 0 Å². The molecule has 0 aromatic heterocycles. The number of hydrazine groups is 1. The molecule has 7 nitrogen and oxygen atoms in total. The summed E-state index contributed by atoms with van der Waals surface area (Å²) in [7, 11) is 1.65. The van der Waals surface area contributed by atoms with E-state index < -0.39 is 5.91 Å². The maximum absolute atomic E-state index is 11.2. The number of amides is 1. The highest BCUT2D eigenvalue weighted by molar-refractivity contribution is 6.02. The Morgan fingerprint density at radius 2 is 2.07 bits per heavy atom. The fraction of sp³-hybridized carbons (Fsp3) is 0.100. The first-order valence-corrected chi connectivity index (χ1v) is 8.47. The summed E-state index contributed by atoms with van der Waals surface area (Å²) < 4.78 is 5.32. The molecule has 1 atom stereocenters. The molecule has 0 spiro atoms. The number of primary amides is 1. The number of allylic oxidation sites excluding steroid dienone is 2. The zero-order valence-corrected chi connectivity index (χ0v) is 14.7. The molecule has 0 aliphatic carbocycles. The number of hydrogen-bond donors (Lipinski definition) is 3. The number of ether oxygens (including phenoxy) is 1. The lowest BCUT2D eigenvalue weighted by molar-refractivity contribution is 0.100. The summed E-state index contributed by atoms with van der Waals surface area (Å²) in [6.07, 6.45) is 5.59. The average Bonchev–Trinajstić information content (AvgIpc) is 3.10. The minimum Gasteiger partial charge on any atom is -0.497 e. The lowest BCUT2D eigenvalue weighted by Gasteiger charge is -2.26. The van der Waals surface area contributed by atoms with Gasteiger partial charge >= 0.3 is 0 Å². The first-order valence-electron chi connectivity index (χ1n) is 8.47. The molecule has 27 heavy (non-hydrogen) atoms. The topological polar surface area (TPSA) is 92.0 Å². The third kappa shape index (κ3) is 3.40. The third-order valence-corrected chi connectivity index (χ3v) is 4.32. The highest BCUT2D eigenvalue weighted by atomic mass is 16.5. The van der Waals surface area contributed by atoms with E-state index >= 15 is 0 Å². The fourth-order valence-corrected chi connectivity index (χ4v) is 2.98. The van der Waals surface area contributed by atoms with Gasteiger partial charge in [0.2, 0.25) is 5.91 Å². The molecule has 0 fully saturated rings. The molecule has 1 unspecified atom stereocenters. The van der Waals surface area contributed by atoms with Gasteiger partial charge in [0.15, 0.2) is 6.29 Å². The van der Waals surface area contributed by atoms with E-state index in [0.717, 1.165) is 28.5 Å². The molecule has 4 N–H and O–H groups in total. The van der Waals surface area contributed by atoms with Gasteiger partial charge in [-0.05, 0) is 48.6 Å². The van der Waals surface area contributed by atoms with Crippen LogP contribution in [0, 0.1) is 0 Å². The minimum absolute atomic E-state index is 0.337. The van der Waals surface area contributed by atoms with Crippen LogP contribution in [0.15, 0.2) is 71.8 Å². The summed E-state index contributed by atoms with van der Waals surface area (Å²) in [5, 5.41) is 5.21.